The fourth-order valence-corrected chi connectivity index (χ4v) is 1.65. The van der Waals surface area contributed by atoms with Crippen LogP contribution in [0.1, 0.15) is 12.8 Å². The van der Waals surface area contributed by atoms with E-state index in [0.29, 0.717) is 6.04 Å². The molecule has 0 atom stereocenters. The normalized spacial score (nSPS) is 19.3. The minimum Gasteiger partial charge on any atom is -0.381 e. The highest BCUT2D eigenvalue weighted by molar-refractivity contribution is 7.09. The first-order valence-electron chi connectivity index (χ1n) is 3.94. The standard InChI is InChI=1S/C6H10N4OS/c1-3-11-4-2-5(1)7-6-8-9-10-12-6/h5H,1-4H2,(H,7,8,10). The summed E-state index contributed by atoms with van der Waals surface area (Å²) in [5.41, 5.74) is 0. The van der Waals surface area contributed by atoms with Gasteiger partial charge >= 0.3 is 0 Å². The Kier molecular flexibility index (Phi) is 2.48. The van der Waals surface area contributed by atoms with E-state index in [1.54, 1.807) is 0 Å². The molecular formula is C6H10N4OS. The molecule has 6 heteroatoms. The Hall–Kier alpha value is -0.750. The summed E-state index contributed by atoms with van der Waals surface area (Å²) in [5.74, 6) is 0. The van der Waals surface area contributed by atoms with Crippen molar-refractivity contribution in [1.29, 1.82) is 0 Å². The van der Waals surface area contributed by atoms with E-state index in [4.69, 9.17) is 4.74 Å². The Bertz CT molecular complexity index is 221. The molecule has 1 N–H and O–H groups in total. The molecule has 0 unspecified atom stereocenters. The Balaban J connectivity index is 1.86. The van der Waals surface area contributed by atoms with Crippen molar-refractivity contribution in [3.63, 3.8) is 0 Å². The van der Waals surface area contributed by atoms with Crippen molar-refractivity contribution in [1.82, 2.24) is 14.8 Å². The van der Waals surface area contributed by atoms with E-state index in [9.17, 15) is 0 Å². The second-order valence-corrected chi connectivity index (χ2v) is 3.43. The highest BCUT2D eigenvalue weighted by atomic mass is 32.1. The maximum atomic E-state index is 5.23. The van der Waals surface area contributed by atoms with Crippen LogP contribution in [0.3, 0.4) is 0 Å². The second-order valence-electron chi connectivity index (χ2n) is 2.70. The topological polar surface area (TPSA) is 59.9 Å². The molecule has 0 aromatic carbocycles. The van der Waals surface area contributed by atoms with Gasteiger partial charge in [-0.3, -0.25) is 0 Å². The van der Waals surface area contributed by atoms with Crippen LogP contribution in [0.2, 0.25) is 0 Å². The minimum atomic E-state index is 0.480. The SMILES string of the molecule is C1CC(Nc2nnns2)CCO1. The molecule has 0 amide bonds. The molecule has 0 aliphatic carbocycles. The zero-order valence-electron chi connectivity index (χ0n) is 6.56. The van der Waals surface area contributed by atoms with Crippen molar-refractivity contribution < 1.29 is 4.74 Å². The van der Waals surface area contributed by atoms with Gasteiger partial charge in [0.05, 0.1) is 0 Å². The minimum absolute atomic E-state index is 0.480. The van der Waals surface area contributed by atoms with Gasteiger partial charge in [0.25, 0.3) is 0 Å². The quantitative estimate of drug-likeness (QED) is 0.729. The predicted octanol–water partition coefficient (Wildman–Crippen LogP) is 0.524. The number of rotatable bonds is 2. The molecule has 1 fully saturated rings. The third-order valence-corrected chi connectivity index (χ3v) is 2.38. The van der Waals surface area contributed by atoms with Crippen LogP contribution in [0, 0.1) is 0 Å². The van der Waals surface area contributed by atoms with Crippen molar-refractivity contribution in [3.05, 3.63) is 0 Å². The lowest BCUT2D eigenvalue weighted by molar-refractivity contribution is 0.0904. The molecule has 0 radical (unpaired) electrons. The van der Waals surface area contributed by atoms with E-state index < -0.39 is 0 Å². The monoisotopic (exact) mass is 186 g/mol. The number of ether oxygens (including phenoxy) is 1. The number of anilines is 1. The number of nitrogens with zero attached hydrogens (tertiary/aromatic N) is 3. The maximum absolute atomic E-state index is 5.23. The van der Waals surface area contributed by atoms with Gasteiger partial charge in [0.1, 0.15) is 0 Å². The highest BCUT2D eigenvalue weighted by Gasteiger charge is 2.14. The van der Waals surface area contributed by atoms with Gasteiger partial charge in [0.2, 0.25) is 5.13 Å². The van der Waals surface area contributed by atoms with Gasteiger partial charge in [0, 0.05) is 30.8 Å². The summed E-state index contributed by atoms with van der Waals surface area (Å²) in [6.45, 7) is 1.67. The smallest absolute Gasteiger partial charge is 0.225 e. The van der Waals surface area contributed by atoms with Crippen LogP contribution in [-0.4, -0.2) is 34.1 Å². The zero-order valence-corrected chi connectivity index (χ0v) is 7.38. The first-order valence-corrected chi connectivity index (χ1v) is 4.72. The van der Waals surface area contributed by atoms with Crippen LogP contribution < -0.4 is 5.32 Å². The molecule has 0 saturated carbocycles. The molecule has 1 aromatic heterocycles. The summed E-state index contributed by atoms with van der Waals surface area (Å²) in [4.78, 5) is 0. The average Bonchev–Trinajstić information content (AvgIpc) is 2.59. The van der Waals surface area contributed by atoms with Gasteiger partial charge < -0.3 is 10.1 Å². The molecule has 0 bridgehead atoms. The van der Waals surface area contributed by atoms with Crippen molar-refractivity contribution in [3.8, 4) is 0 Å². The Morgan fingerprint density at radius 2 is 2.25 bits per heavy atom. The van der Waals surface area contributed by atoms with Crippen LogP contribution in [0.5, 0.6) is 0 Å². The van der Waals surface area contributed by atoms with E-state index in [2.05, 4.69) is 20.1 Å². The van der Waals surface area contributed by atoms with Crippen LogP contribution >= 0.6 is 11.5 Å². The van der Waals surface area contributed by atoms with E-state index >= 15 is 0 Å². The summed E-state index contributed by atoms with van der Waals surface area (Å²) in [6.07, 6.45) is 2.08. The third kappa shape index (κ3) is 1.89. The number of hydrogen-bond acceptors (Lipinski definition) is 6. The maximum Gasteiger partial charge on any atom is 0.225 e. The summed E-state index contributed by atoms with van der Waals surface area (Å²) >= 11 is 1.29. The van der Waals surface area contributed by atoms with Crippen LogP contribution in [-0.2, 0) is 4.74 Å². The summed E-state index contributed by atoms with van der Waals surface area (Å²) in [6, 6.07) is 0.480. The van der Waals surface area contributed by atoms with Crippen molar-refractivity contribution in [2.45, 2.75) is 18.9 Å². The molecule has 2 heterocycles. The lowest BCUT2D eigenvalue weighted by Crippen LogP contribution is -2.27. The molecule has 1 aromatic rings. The Morgan fingerprint density at radius 3 is 2.92 bits per heavy atom. The number of aromatic nitrogens is 3. The molecule has 1 saturated heterocycles. The third-order valence-electron chi connectivity index (χ3n) is 1.85. The van der Waals surface area contributed by atoms with E-state index in [-0.39, 0.29) is 0 Å². The van der Waals surface area contributed by atoms with E-state index in [1.807, 2.05) is 0 Å². The fraction of sp³-hybridized carbons (Fsp3) is 0.833. The van der Waals surface area contributed by atoms with Crippen LogP contribution in [0.4, 0.5) is 5.13 Å². The van der Waals surface area contributed by atoms with E-state index in [1.165, 1.54) is 11.5 Å². The Labute approximate surface area is 74.3 Å². The molecule has 2 rings (SSSR count). The first-order chi connectivity index (χ1) is 5.95. The summed E-state index contributed by atoms with van der Waals surface area (Å²) in [7, 11) is 0. The fourth-order valence-electron chi connectivity index (χ4n) is 1.21. The lowest BCUT2D eigenvalue weighted by Gasteiger charge is -2.22. The zero-order chi connectivity index (χ0) is 8.23. The lowest BCUT2D eigenvalue weighted by atomic mass is 10.1. The highest BCUT2D eigenvalue weighted by Crippen LogP contribution is 2.14. The summed E-state index contributed by atoms with van der Waals surface area (Å²) < 4.78 is 8.91. The van der Waals surface area contributed by atoms with Crippen molar-refractivity contribution >= 4 is 16.7 Å². The predicted molar refractivity (Wildman–Crippen MR) is 45.2 cm³/mol. The first kappa shape index (κ1) is 7.88. The van der Waals surface area contributed by atoms with Crippen LogP contribution in [0.25, 0.3) is 0 Å². The van der Waals surface area contributed by atoms with Gasteiger partial charge in [-0.05, 0) is 18.1 Å². The largest absolute Gasteiger partial charge is 0.381 e. The number of hydrogen-bond donors (Lipinski definition) is 1. The molecule has 1 aliphatic heterocycles. The molecule has 5 nitrogen and oxygen atoms in total. The van der Waals surface area contributed by atoms with Crippen molar-refractivity contribution in [2.24, 2.45) is 0 Å². The second kappa shape index (κ2) is 3.77. The van der Waals surface area contributed by atoms with Gasteiger partial charge in [-0.25, -0.2) is 0 Å². The van der Waals surface area contributed by atoms with Gasteiger partial charge in [-0.2, -0.15) is 0 Å². The van der Waals surface area contributed by atoms with E-state index in [0.717, 1.165) is 31.2 Å². The summed E-state index contributed by atoms with van der Waals surface area (Å²) in [5, 5.41) is 11.4. The molecule has 1 aliphatic rings. The molecule has 0 spiro atoms. The number of nitrogens with one attached hydrogen (secondary N) is 1. The average molecular weight is 186 g/mol. The van der Waals surface area contributed by atoms with Gasteiger partial charge in [-0.1, -0.05) is 9.59 Å². The Morgan fingerprint density at radius 1 is 1.42 bits per heavy atom. The van der Waals surface area contributed by atoms with Gasteiger partial charge in [0.15, 0.2) is 0 Å². The van der Waals surface area contributed by atoms with Crippen LogP contribution in [0.15, 0.2) is 0 Å². The van der Waals surface area contributed by atoms with Crippen molar-refractivity contribution in [2.75, 3.05) is 18.5 Å². The molecule has 12 heavy (non-hydrogen) atoms. The molecule has 66 valence electrons. The van der Waals surface area contributed by atoms with Gasteiger partial charge in [-0.15, -0.1) is 0 Å². The molecular weight excluding hydrogens is 176 g/mol.